The highest BCUT2D eigenvalue weighted by molar-refractivity contribution is 7.89. The molecule has 0 radical (unpaired) electrons. The van der Waals surface area contributed by atoms with E-state index in [1.165, 1.54) is 20.2 Å². The molecule has 1 N–H and O–H groups in total. The van der Waals surface area contributed by atoms with E-state index in [4.69, 9.17) is 0 Å². The number of para-hydroxylation sites is 1. The Kier molecular flexibility index (Phi) is 5.35. The molecule has 8 heteroatoms. The molecule has 146 valence electrons. The Balaban J connectivity index is 1.89. The molecule has 0 spiro atoms. The minimum atomic E-state index is -3.61. The summed E-state index contributed by atoms with van der Waals surface area (Å²) < 4.78 is 27.8. The minimum absolute atomic E-state index is 0.154. The lowest BCUT2D eigenvalue weighted by molar-refractivity contribution is 0.102. The zero-order valence-corrected chi connectivity index (χ0v) is 17.0. The summed E-state index contributed by atoms with van der Waals surface area (Å²) >= 11 is 0. The van der Waals surface area contributed by atoms with Gasteiger partial charge in [-0.3, -0.25) is 4.79 Å². The number of carbonyl (C=O) groups excluding carboxylic acids is 1. The van der Waals surface area contributed by atoms with Gasteiger partial charge < -0.3 is 5.32 Å². The lowest BCUT2D eigenvalue weighted by Gasteiger charge is -2.15. The number of nitrogens with zero attached hydrogens (tertiary/aromatic N) is 3. The molecule has 0 saturated carbocycles. The van der Waals surface area contributed by atoms with E-state index in [1.807, 2.05) is 37.3 Å². The van der Waals surface area contributed by atoms with Crippen LogP contribution in [0.2, 0.25) is 0 Å². The highest BCUT2D eigenvalue weighted by Crippen LogP contribution is 2.23. The van der Waals surface area contributed by atoms with E-state index >= 15 is 0 Å². The lowest BCUT2D eigenvalue weighted by atomic mass is 10.2. The molecule has 0 saturated heterocycles. The van der Waals surface area contributed by atoms with Crippen molar-refractivity contribution in [3.63, 3.8) is 0 Å². The average molecular weight is 398 g/mol. The number of nitrogens with one attached hydrogen (secondary N) is 1. The summed E-state index contributed by atoms with van der Waals surface area (Å²) in [7, 11) is -0.664. The first-order chi connectivity index (χ1) is 13.2. The number of hydrogen-bond acceptors (Lipinski definition) is 4. The number of amides is 1. The number of anilines is 1. The third-order valence-corrected chi connectivity index (χ3v) is 6.28. The fourth-order valence-corrected chi connectivity index (χ4v) is 3.91. The predicted molar refractivity (Wildman–Crippen MR) is 108 cm³/mol. The van der Waals surface area contributed by atoms with Gasteiger partial charge in [-0.15, -0.1) is 0 Å². The number of aromatic nitrogens is 2. The molecular formula is C20H22N4O3S. The van der Waals surface area contributed by atoms with Crippen LogP contribution in [-0.4, -0.2) is 42.5 Å². The summed E-state index contributed by atoms with van der Waals surface area (Å²) in [4.78, 5) is 12.8. The van der Waals surface area contributed by atoms with Crippen molar-refractivity contribution in [2.75, 3.05) is 19.4 Å². The number of sulfonamides is 1. The van der Waals surface area contributed by atoms with Crippen LogP contribution in [0.1, 0.15) is 21.7 Å². The van der Waals surface area contributed by atoms with Crippen molar-refractivity contribution in [2.45, 2.75) is 18.7 Å². The second-order valence-electron chi connectivity index (χ2n) is 6.64. The molecule has 0 aliphatic carbocycles. The largest absolute Gasteiger partial charge is 0.321 e. The molecule has 7 nitrogen and oxygen atoms in total. The van der Waals surface area contributed by atoms with Crippen LogP contribution in [0.4, 0.5) is 5.69 Å². The van der Waals surface area contributed by atoms with Crippen molar-refractivity contribution in [2.24, 2.45) is 0 Å². The lowest BCUT2D eigenvalue weighted by Crippen LogP contribution is -2.23. The van der Waals surface area contributed by atoms with E-state index in [-0.39, 0.29) is 10.6 Å². The molecule has 0 bridgehead atoms. The third-order valence-electron chi connectivity index (χ3n) is 4.33. The number of rotatable bonds is 5. The van der Waals surface area contributed by atoms with Crippen LogP contribution in [0.25, 0.3) is 5.69 Å². The number of benzene rings is 2. The maximum Gasteiger partial charge on any atom is 0.276 e. The van der Waals surface area contributed by atoms with Crippen LogP contribution >= 0.6 is 0 Å². The van der Waals surface area contributed by atoms with Gasteiger partial charge in [0.25, 0.3) is 5.91 Å². The first-order valence-electron chi connectivity index (χ1n) is 8.67. The van der Waals surface area contributed by atoms with Crippen molar-refractivity contribution in [1.82, 2.24) is 14.1 Å². The van der Waals surface area contributed by atoms with Crippen LogP contribution in [0.3, 0.4) is 0 Å². The fourth-order valence-electron chi connectivity index (χ4n) is 2.76. The second-order valence-corrected chi connectivity index (χ2v) is 8.76. The topological polar surface area (TPSA) is 84.3 Å². The first-order valence-corrected chi connectivity index (χ1v) is 10.1. The Bertz CT molecular complexity index is 1120. The van der Waals surface area contributed by atoms with Gasteiger partial charge in [-0.05, 0) is 49.7 Å². The maximum atomic E-state index is 12.6. The third kappa shape index (κ3) is 3.83. The van der Waals surface area contributed by atoms with E-state index in [1.54, 1.807) is 29.8 Å². The normalized spacial score (nSPS) is 11.6. The number of hydrogen-bond donors (Lipinski definition) is 1. The van der Waals surface area contributed by atoms with Crippen LogP contribution in [0.15, 0.2) is 59.5 Å². The summed E-state index contributed by atoms with van der Waals surface area (Å²) in [5.74, 6) is -0.408. The minimum Gasteiger partial charge on any atom is -0.321 e. The quantitative estimate of drug-likeness (QED) is 0.716. The maximum absolute atomic E-state index is 12.6. The van der Waals surface area contributed by atoms with Crippen LogP contribution in [0.5, 0.6) is 0 Å². The van der Waals surface area contributed by atoms with Crippen molar-refractivity contribution in [1.29, 1.82) is 0 Å². The van der Waals surface area contributed by atoms with Crippen molar-refractivity contribution in [3.05, 3.63) is 71.5 Å². The molecule has 28 heavy (non-hydrogen) atoms. The fraction of sp³-hybridized carbons (Fsp3) is 0.200. The van der Waals surface area contributed by atoms with Gasteiger partial charge in [0, 0.05) is 25.5 Å². The van der Waals surface area contributed by atoms with Gasteiger partial charge in [0.1, 0.15) is 0 Å². The number of carbonyl (C=O) groups is 1. The highest BCUT2D eigenvalue weighted by Gasteiger charge is 2.21. The van der Waals surface area contributed by atoms with Gasteiger partial charge in [-0.1, -0.05) is 24.3 Å². The molecule has 0 fully saturated rings. The molecule has 3 aromatic rings. The molecule has 0 aliphatic heterocycles. The summed E-state index contributed by atoms with van der Waals surface area (Å²) in [5.41, 5.74) is 2.92. The van der Waals surface area contributed by atoms with Crippen LogP contribution < -0.4 is 5.32 Å². The van der Waals surface area contributed by atoms with Crippen LogP contribution in [0, 0.1) is 13.8 Å². The SMILES string of the molecule is Cc1ccc(NC(=O)c2cc(C)n(-c3ccccc3)n2)cc1S(=O)(=O)N(C)C. The molecule has 0 unspecified atom stereocenters. The second kappa shape index (κ2) is 7.57. The molecule has 2 aromatic carbocycles. The van der Waals surface area contributed by atoms with E-state index in [0.29, 0.717) is 11.3 Å². The molecular weight excluding hydrogens is 376 g/mol. The van der Waals surface area contributed by atoms with Gasteiger partial charge in [0.15, 0.2) is 5.69 Å². The van der Waals surface area contributed by atoms with Crippen molar-refractivity contribution in [3.8, 4) is 5.69 Å². The van der Waals surface area contributed by atoms with Gasteiger partial charge >= 0.3 is 0 Å². The molecule has 3 rings (SSSR count). The van der Waals surface area contributed by atoms with Crippen LogP contribution in [-0.2, 0) is 10.0 Å². The Hall–Kier alpha value is -2.97. The van der Waals surface area contributed by atoms with Crippen molar-refractivity contribution >= 4 is 21.6 Å². The monoisotopic (exact) mass is 398 g/mol. The molecule has 1 heterocycles. The van der Waals surface area contributed by atoms with E-state index in [9.17, 15) is 13.2 Å². The predicted octanol–water partition coefficient (Wildman–Crippen LogP) is 2.99. The van der Waals surface area contributed by atoms with Crippen molar-refractivity contribution < 1.29 is 13.2 Å². The van der Waals surface area contributed by atoms with Gasteiger partial charge in [0.05, 0.1) is 10.6 Å². The zero-order valence-electron chi connectivity index (χ0n) is 16.2. The molecule has 1 amide bonds. The number of aryl methyl sites for hydroxylation is 2. The zero-order chi connectivity index (χ0) is 20.5. The van der Waals surface area contributed by atoms with E-state index < -0.39 is 15.9 Å². The first kappa shape index (κ1) is 19.8. The summed E-state index contributed by atoms with van der Waals surface area (Å²) in [6.07, 6.45) is 0. The van der Waals surface area contributed by atoms with E-state index in [0.717, 1.165) is 15.7 Å². The smallest absolute Gasteiger partial charge is 0.276 e. The standard InChI is InChI=1S/C20H22N4O3S/c1-14-10-11-16(13-19(14)28(26,27)23(3)4)21-20(25)18-12-15(2)24(22-18)17-8-6-5-7-9-17/h5-13H,1-4H3,(H,21,25). The van der Waals surface area contributed by atoms with E-state index in [2.05, 4.69) is 10.4 Å². The Morgan fingerprint density at radius 3 is 2.36 bits per heavy atom. The Labute approximate surface area is 164 Å². The summed E-state index contributed by atoms with van der Waals surface area (Å²) in [6, 6.07) is 16.0. The summed E-state index contributed by atoms with van der Waals surface area (Å²) in [5, 5.41) is 7.10. The Morgan fingerprint density at radius 1 is 1.04 bits per heavy atom. The summed E-state index contributed by atoms with van der Waals surface area (Å²) in [6.45, 7) is 3.58. The molecule has 1 aromatic heterocycles. The average Bonchev–Trinajstić information content (AvgIpc) is 3.05. The molecule has 0 atom stereocenters. The molecule has 0 aliphatic rings. The Morgan fingerprint density at radius 2 is 1.71 bits per heavy atom. The highest BCUT2D eigenvalue weighted by atomic mass is 32.2. The van der Waals surface area contributed by atoms with Gasteiger partial charge in [-0.2, -0.15) is 5.10 Å². The van der Waals surface area contributed by atoms with Gasteiger partial charge in [-0.25, -0.2) is 17.4 Å². The van der Waals surface area contributed by atoms with Gasteiger partial charge in [0.2, 0.25) is 10.0 Å².